The molecule has 4 nitrogen and oxygen atoms in total. The number of hydrogen-bond donors (Lipinski definition) is 1. The lowest BCUT2D eigenvalue weighted by atomic mass is 10.1. The minimum absolute atomic E-state index is 0.0728. The maximum Gasteiger partial charge on any atom is 0.253 e. The summed E-state index contributed by atoms with van der Waals surface area (Å²) < 4.78 is 0. The van der Waals surface area contributed by atoms with E-state index in [1.807, 2.05) is 25.1 Å². The molecule has 0 bridgehead atoms. The summed E-state index contributed by atoms with van der Waals surface area (Å²) in [4.78, 5) is 19.2. The molecule has 1 aromatic carbocycles. The standard InChI is InChI=1S/C20H25N3O/c1-15-6-8-17(9-7-15)13-22-20(24)18-12-16(2)19(21-14-18)23-10-4-3-5-11-23/h6-9,12,14H,3-5,10-11,13H2,1-2H3,(H,22,24). The molecule has 1 saturated heterocycles. The summed E-state index contributed by atoms with van der Waals surface area (Å²) in [6.45, 7) is 6.75. The highest BCUT2D eigenvalue weighted by Crippen LogP contribution is 2.22. The Morgan fingerprint density at radius 3 is 2.50 bits per heavy atom. The van der Waals surface area contributed by atoms with Gasteiger partial charge in [0.25, 0.3) is 5.91 Å². The molecule has 1 aliphatic rings. The second-order valence-corrected chi connectivity index (χ2v) is 6.58. The number of carbonyl (C=O) groups excluding carboxylic acids is 1. The van der Waals surface area contributed by atoms with Gasteiger partial charge in [0, 0.05) is 25.8 Å². The van der Waals surface area contributed by atoms with E-state index in [9.17, 15) is 4.79 Å². The molecule has 2 aromatic rings. The smallest absolute Gasteiger partial charge is 0.253 e. The summed E-state index contributed by atoms with van der Waals surface area (Å²) >= 11 is 0. The predicted molar refractivity (Wildman–Crippen MR) is 97.4 cm³/mol. The molecule has 0 atom stereocenters. The van der Waals surface area contributed by atoms with Gasteiger partial charge in [-0.2, -0.15) is 0 Å². The number of benzene rings is 1. The van der Waals surface area contributed by atoms with Crippen LogP contribution in [0.4, 0.5) is 5.82 Å². The van der Waals surface area contributed by atoms with Gasteiger partial charge in [-0.1, -0.05) is 29.8 Å². The van der Waals surface area contributed by atoms with Gasteiger partial charge in [0.2, 0.25) is 0 Å². The zero-order chi connectivity index (χ0) is 16.9. The molecule has 24 heavy (non-hydrogen) atoms. The van der Waals surface area contributed by atoms with E-state index in [2.05, 4.69) is 34.3 Å². The summed E-state index contributed by atoms with van der Waals surface area (Å²) in [7, 11) is 0. The predicted octanol–water partition coefficient (Wildman–Crippen LogP) is 3.62. The van der Waals surface area contributed by atoms with Crippen molar-refractivity contribution in [2.24, 2.45) is 0 Å². The highest BCUT2D eigenvalue weighted by Gasteiger charge is 2.16. The minimum Gasteiger partial charge on any atom is -0.356 e. The van der Waals surface area contributed by atoms with Gasteiger partial charge in [-0.3, -0.25) is 4.79 Å². The summed E-state index contributed by atoms with van der Waals surface area (Å²) in [6.07, 6.45) is 5.44. The molecule has 3 rings (SSSR count). The molecule has 1 aromatic heterocycles. The van der Waals surface area contributed by atoms with E-state index in [-0.39, 0.29) is 5.91 Å². The van der Waals surface area contributed by atoms with Gasteiger partial charge in [0.05, 0.1) is 5.56 Å². The molecule has 1 N–H and O–H groups in total. The SMILES string of the molecule is Cc1ccc(CNC(=O)c2cnc(N3CCCCC3)c(C)c2)cc1. The molecule has 2 heterocycles. The summed E-state index contributed by atoms with van der Waals surface area (Å²) in [5.41, 5.74) is 4.02. The Bertz CT molecular complexity index is 703. The van der Waals surface area contributed by atoms with Crippen molar-refractivity contribution in [2.75, 3.05) is 18.0 Å². The van der Waals surface area contributed by atoms with Crippen molar-refractivity contribution in [2.45, 2.75) is 39.7 Å². The largest absolute Gasteiger partial charge is 0.356 e. The van der Waals surface area contributed by atoms with Gasteiger partial charge < -0.3 is 10.2 Å². The van der Waals surface area contributed by atoms with Gasteiger partial charge in [0.1, 0.15) is 5.82 Å². The molecule has 0 saturated carbocycles. The Balaban J connectivity index is 1.64. The number of piperidine rings is 1. The Morgan fingerprint density at radius 1 is 1.12 bits per heavy atom. The van der Waals surface area contributed by atoms with Crippen molar-refractivity contribution in [3.63, 3.8) is 0 Å². The molecular weight excluding hydrogens is 298 g/mol. The fourth-order valence-corrected chi connectivity index (χ4v) is 3.12. The quantitative estimate of drug-likeness (QED) is 0.935. The second kappa shape index (κ2) is 7.47. The first-order valence-corrected chi connectivity index (χ1v) is 8.69. The van der Waals surface area contributed by atoms with Crippen LogP contribution >= 0.6 is 0 Å². The van der Waals surface area contributed by atoms with E-state index in [0.29, 0.717) is 12.1 Å². The lowest BCUT2D eigenvalue weighted by Gasteiger charge is -2.29. The number of pyridine rings is 1. The van der Waals surface area contributed by atoms with Crippen molar-refractivity contribution in [1.82, 2.24) is 10.3 Å². The lowest BCUT2D eigenvalue weighted by molar-refractivity contribution is 0.0950. The van der Waals surface area contributed by atoms with Crippen LogP contribution < -0.4 is 10.2 Å². The van der Waals surface area contributed by atoms with Crippen LogP contribution in [0.1, 0.15) is 46.3 Å². The molecule has 1 aliphatic heterocycles. The molecule has 126 valence electrons. The van der Waals surface area contributed by atoms with Gasteiger partial charge in [-0.25, -0.2) is 4.98 Å². The van der Waals surface area contributed by atoms with Crippen LogP contribution in [-0.2, 0) is 6.54 Å². The Hall–Kier alpha value is -2.36. The van der Waals surface area contributed by atoms with Gasteiger partial charge in [-0.05, 0) is 50.3 Å². The molecule has 0 unspecified atom stereocenters. The van der Waals surface area contributed by atoms with E-state index >= 15 is 0 Å². The number of carbonyl (C=O) groups is 1. The van der Waals surface area contributed by atoms with Crippen LogP contribution in [0.15, 0.2) is 36.5 Å². The molecule has 4 heteroatoms. The van der Waals surface area contributed by atoms with Crippen LogP contribution in [0.2, 0.25) is 0 Å². The molecule has 0 radical (unpaired) electrons. The number of aromatic nitrogens is 1. The minimum atomic E-state index is -0.0728. The summed E-state index contributed by atoms with van der Waals surface area (Å²) in [6, 6.07) is 10.1. The normalized spacial score (nSPS) is 14.5. The average molecular weight is 323 g/mol. The fourth-order valence-electron chi connectivity index (χ4n) is 3.12. The van der Waals surface area contributed by atoms with Crippen molar-refractivity contribution < 1.29 is 4.79 Å². The summed E-state index contributed by atoms with van der Waals surface area (Å²) in [5.74, 6) is 0.946. The maximum atomic E-state index is 12.4. The van der Waals surface area contributed by atoms with E-state index in [1.165, 1.54) is 24.8 Å². The van der Waals surface area contributed by atoms with Crippen LogP contribution in [0.3, 0.4) is 0 Å². The van der Waals surface area contributed by atoms with Gasteiger partial charge in [-0.15, -0.1) is 0 Å². The van der Waals surface area contributed by atoms with Gasteiger partial charge in [0.15, 0.2) is 0 Å². The number of hydrogen-bond acceptors (Lipinski definition) is 3. The number of rotatable bonds is 4. The first kappa shape index (κ1) is 16.5. The third-order valence-electron chi connectivity index (χ3n) is 4.54. The van der Waals surface area contributed by atoms with Gasteiger partial charge >= 0.3 is 0 Å². The lowest BCUT2D eigenvalue weighted by Crippen LogP contribution is -2.31. The highest BCUT2D eigenvalue weighted by atomic mass is 16.1. The topological polar surface area (TPSA) is 45.2 Å². The van der Waals surface area contributed by atoms with Crippen molar-refractivity contribution in [3.05, 3.63) is 58.8 Å². The van der Waals surface area contributed by atoms with E-state index in [0.717, 1.165) is 30.0 Å². The molecule has 0 spiro atoms. The number of nitrogens with zero attached hydrogens (tertiary/aromatic N) is 2. The second-order valence-electron chi connectivity index (χ2n) is 6.58. The Kier molecular flexibility index (Phi) is 5.14. The monoisotopic (exact) mass is 323 g/mol. The molecule has 0 aliphatic carbocycles. The zero-order valence-corrected chi connectivity index (χ0v) is 14.5. The van der Waals surface area contributed by atoms with E-state index in [1.54, 1.807) is 6.20 Å². The zero-order valence-electron chi connectivity index (χ0n) is 14.5. The number of amides is 1. The van der Waals surface area contributed by atoms with Crippen molar-refractivity contribution >= 4 is 11.7 Å². The van der Waals surface area contributed by atoms with Crippen molar-refractivity contribution in [3.8, 4) is 0 Å². The first-order valence-electron chi connectivity index (χ1n) is 8.69. The van der Waals surface area contributed by atoms with E-state index in [4.69, 9.17) is 0 Å². The Labute approximate surface area is 143 Å². The van der Waals surface area contributed by atoms with Crippen LogP contribution in [0, 0.1) is 13.8 Å². The van der Waals surface area contributed by atoms with Crippen LogP contribution in [0.25, 0.3) is 0 Å². The molecule has 1 fully saturated rings. The van der Waals surface area contributed by atoms with Crippen molar-refractivity contribution in [1.29, 1.82) is 0 Å². The third kappa shape index (κ3) is 3.94. The molecule has 1 amide bonds. The third-order valence-corrected chi connectivity index (χ3v) is 4.54. The maximum absolute atomic E-state index is 12.4. The number of nitrogens with one attached hydrogen (secondary N) is 1. The number of anilines is 1. The highest BCUT2D eigenvalue weighted by molar-refractivity contribution is 5.94. The van der Waals surface area contributed by atoms with Crippen LogP contribution in [-0.4, -0.2) is 24.0 Å². The number of aryl methyl sites for hydroxylation is 2. The summed E-state index contributed by atoms with van der Waals surface area (Å²) in [5, 5.41) is 2.97. The first-order chi connectivity index (χ1) is 11.6. The molecular formula is C20H25N3O. The average Bonchev–Trinajstić information content (AvgIpc) is 2.61. The fraction of sp³-hybridized carbons (Fsp3) is 0.400. The van der Waals surface area contributed by atoms with E-state index < -0.39 is 0 Å². The van der Waals surface area contributed by atoms with Crippen LogP contribution in [0.5, 0.6) is 0 Å². The Morgan fingerprint density at radius 2 is 1.83 bits per heavy atom.